The molecule has 0 bridgehead atoms. The Morgan fingerprint density at radius 1 is 1.32 bits per heavy atom. The Kier molecular flexibility index (Phi) is 5.75. The smallest absolute Gasteiger partial charge is 0.223 e. The van der Waals surface area contributed by atoms with E-state index in [-0.39, 0.29) is 28.0 Å². The molecule has 1 aliphatic rings. The van der Waals surface area contributed by atoms with Crippen molar-refractivity contribution in [3.8, 4) is 0 Å². The molecule has 0 aliphatic carbocycles. The second-order valence-corrected chi connectivity index (χ2v) is 8.66. The maximum absolute atomic E-state index is 12.3. The first-order valence-electron chi connectivity index (χ1n) is 7.25. The van der Waals surface area contributed by atoms with Crippen LogP contribution in [0.3, 0.4) is 0 Å². The van der Waals surface area contributed by atoms with Crippen LogP contribution in [0.4, 0.5) is 0 Å². The molecule has 1 heterocycles. The van der Waals surface area contributed by atoms with Gasteiger partial charge < -0.3 is 4.90 Å². The molecule has 1 aromatic carbocycles. The number of sulfone groups is 1. The van der Waals surface area contributed by atoms with E-state index in [0.29, 0.717) is 17.5 Å². The van der Waals surface area contributed by atoms with E-state index in [2.05, 4.69) is 6.92 Å². The van der Waals surface area contributed by atoms with Gasteiger partial charge in [0.05, 0.1) is 20.7 Å². The van der Waals surface area contributed by atoms with Gasteiger partial charge in [0.25, 0.3) is 0 Å². The number of amides is 1. The highest BCUT2D eigenvalue weighted by Crippen LogP contribution is 2.25. The first-order chi connectivity index (χ1) is 10.3. The van der Waals surface area contributed by atoms with Gasteiger partial charge in [-0.1, -0.05) is 30.1 Å². The molecule has 1 aromatic rings. The molecule has 0 aromatic heterocycles. The monoisotopic (exact) mass is 363 g/mol. The van der Waals surface area contributed by atoms with E-state index in [0.717, 1.165) is 19.4 Å². The summed E-state index contributed by atoms with van der Waals surface area (Å²) in [5.41, 5.74) is 0. The summed E-state index contributed by atoms with van der Waals surface area (Å²) in [5.74, 6) is 0.161. The van der Waals surface area contributed by atoms with Crippen LogP contribution in [0, 0.1) is 5.92 Å². The van der Waals surface area contributed by atoms with Gasteiger partial charge >= 0.3 is 0 Å². The van der Waals surface area contributed by atoms with Gasteiger partial charge in [-0.05, 0) is 37.0 Å². The summed E-state index contributed by atoms with van der Waals surface area (Å²) in [6, 6.07) is 4.19. The van der Waals surface area contributed by atoms with Gasteiger partial charge in [0.1, 0.15) is 0 Å². The summed E-state index contributed by atoms with van der Waals surface area (Å²) >= 11 is 11.6. The molecule has 1 saturated heterocycles. The summed E-state index contributed by atoms with van der Waals surface area (Å²) < 4.78 is 24.5. The standard InChI is InChI=1S/C15H19Cl2NO3S/c1-11-3-2-7-18(10-11)15(19)6-8-22(20,21)12-4-5-13(16)14(17)9-12/h4-5,9,11H,2-3,6-8,10H2,1H3. The molecular weight excluding hydrogens is 345 g/mol. The molecule has 2 rings (SSSR count). The normalized spacial score (nSPS) is 19.2. The Hall–Kier alpha value is -0.780. The van der Waals surface area contributed by atoms with E-state index < -0.39 is 9.84 Å². The molecule has 1 unspecified atom stereocenters. The van der Waals surface area contributed by atoms with E-state index in [1.807, 2.05) is 0 Å². The van der Waals surface area contributed by atoms with Crippen molar-refractivity contribution in [2.45, 2.75) is 31.1 Å². The highest BCUT2D eigenvalue weighted by atomic mass is 35.5. The molecule has 1 aliphatic heterocycles. The predicted molar refractivity (Wildman–Crippen MR) is 88.1 cm³/mol. The summed E-state index contributed by atoms with van der Waals surface area (Å²) in [5, 5.41) is 0.498. The number of carbonyl (C=O) groups excluding carboxylic acids is 1. The fraction of sp³-hybridized carbons (Fsp3) is 0.533. The summed E-state index contributed by atoms with van der Waals surface area (Å²) in [4.78, 5) is 14.0. The minimum Gasteiger partial charge on any atom is -0.342 e. The van der Waals surface area contributed by atoms with Crippen LogP contribution in [0.25, 0.3) is 0 Å². The zero-order chi connectivity index (χ0) is 16.3. The molecule has 0 saturated carbocycles. The van der Waals surface area contributed by atoms with Gasteiger partial charge in [-0.3, -0.25) is 4.79 Å². The number of hydrogen-bond acceptors (Lipinski definition) is 3. The number of rotatable bonds is 4. The summed E-state index contributed by atoms with van der Waals surface area (Å²) in [6.07, 6.45) is 2.09. The molecular formula is C15H19Cl2NO3S. The van der Waals surface area contributed by atoms with E-state index in [1.54, 1.807) is 4.90 Å². The maximum atomic E-state index is 12.3. The van der Waals surface area contributed by atoms with Crippen LogP contribution in [-0.4, -0.2) is 38.1 Å². The molecule has 0 spiro atoms. The third-order valence-corrected chi connectivity index (χ3v) is 6.30. The van der Waals surface area contributed by atoms with Crippen molar-refractivity contribution in [2.75, 3.05) is 18.8 Å². The predicted octanol–water partition coefficient (Wildman–Crippen LogP) is 3.42. The number of nitrogens with zero attached hydrogens (tertiary/aromatic N) is 1. The number of benzene rings is 1. The Morgan fingerprint density at radius 2 is 2.05 bits per heavy atom. The quantitative estimate of drug-likeness (QED) is 0.823. The number of likely N-dealkylation sites (tertiary alicyclic amines) is 1. The highest BCUT2D eigenvalue weighted by molar-refractivity contribution is 7.91. The topological polar surface area (TPSA) is 54.5 Å². The van der Waals surface area contributed by atoms with Crippen molar-refractivity contribution < 1.29 is 13.2 Å². The minimum absolute atomic E-state index is 0.00466. The van der Waals surface area contributed by atoms with Gasteiger partial charge in [0, 0.05) is 19.5 Å². The first kappa shape index (κ1) is 17.6. The zero-order valence-electron chi connectivity index (χ0n) is 12.4. The Bertz CT molecular complexity index is 661. The number of halogens is 2. The van der Waals surface area contributed by atoms with Crippen LogP contribution in [0.5, 0.6) is 0 Å². The Balaban J connectivity index is 2.00. The van der Waals surface area contributed by atoms with Crippen LogP contribution in [0.15, 0.2) is 23.1 Å². The van der Waals surface area contributed by atoms with E-state index in [9.17, 15) is 13.2 Å². The molecule has 122 valence electrons. The number of piperidine rings is 1. The molecule has 1 atom stereocenters. The van der Waals surface area contributed by atoms with Crippen LogP contribution in [0.2, 0.25) is 10.0 Å². The summed E-state index contributed by atoms with van der Waals surface area (Å²) in [7, 11) is -3.54. The van der Waals surface area contributed by atoms with Crippen molar-refractivity contribution in [3.05, 3.63) is 28.2 Å². The third-order valence-electron chi connectivity index (χ3n) is 3.84. The minimum atomic E-state index is -3.54. The molecule has 0 N–H and O–H groups in total. The molecule has 7 heteroatoms. The Labute approximate surface area is 141 Å². The largest absolute Gasteiger partial charge is 0.342 e. The highest BCUT2D eigenvalue weighted by Gasteiger charge is 2.23. The lowest BCUT2D eigenvalue weighted by atomic mass is 10.0. The molecule has 1 fully saturated rings. The third kappa shape index (κ3) is 4.37. The molecule has 0 radical (unpaired) electrons. The molecule has 22 heavy (non-hydrogen) atoms. The Morgan fingerprint density at radius 3 is 2.68 bits per heavy atom. The van der Waals surface area contributed by atoms with Crippen molar-refractivity contribution in [1.82, 2.24) is 4.90 Å². The lowest BCUT2D eigenvalue weighted by molar-refractivity contribution is -0.132. The maximum Gasteiger partial charge on any atom is 0.223 e. The number of carbonyl (C=O) groups is 1. The van der Waals surface area contributed by atoms with E-state index >= 15 is 0 Å². The second-order valence-electron chi connectivity index (χ2n) is 5.73. The lowest BCUT2D eigenvalue weighted by Gasteiger charge is -2.31. The van der Waals surface area contributed by atoms with Crippen molar-refractivity contribution in [3.63, 3.8) is 0 Å². The van der Waals surface area contributed by atoms with Crippen molar-refractivity contribution in [1.29, 1.82) is 0 Å². The second kappa shape index (κ2) is 7.20. The van der Waals surface area contributed by atoms with Crippen LogP contribution < -0.4 is 0 Å². The van der Waals surface area contributed by atoms with Crippen molar-refractivity contribution in [2.24, 2.45) is 5.92 Å². The van der Waals surface area contributed by atoms with E-state index in [1.165, 1.54) is 18.2 Å². The number of hydrogen-bond donors (Lipinski definition) is 0. The van der Waals surface area contributed by atoms with Gasteiger partial charge in [0.15, 0.2) is 9.84 Å². The fourth-order valence-electron chi connectivity index (χ4n) is 2.58. The zero-order valence-corrected chi connectivity index (χ0v) is 14.7. The average Bonchev–Trinajstić information content (AvgIpc) is 2.47. The van der Waals surface area contributed by atoms with Crippen molar-refractivity contribution >= 4 is 38.9 Å². The molecule has 1 amide bonds. The van der Waals surface area contributed by atoms with Gasteiger partial charge in [-0.25, -0.2) is 8.42 Å². The fourth-order valence-corrected chi connectivity index (χ4v) is 4.20. The van der Waals surface area contributed by atoms with Crippen LogP contribution >= 0.6 is 23.2 Å². The van der Waals surface area contributed by atoms with Crippen LogP contribution in [0.1, 0.15) is 26.2 Å². The summed E-state index contributed by atoms with van der Waals surface area (Å²) in [6.45, 7) is 3.54. The van der Waals surface area contributed by atoms with E-state index in [4.69, 9.17) is 23.2 Å². The first-order valence-corrected chi connectivity index (χ1v) is 9.66. The van der Waals surface area contributed by atoms with Gasteiger partial charge in [-0.2, -0.15) is 0 Å². The van der Waals surface area contributed by atoms with Gasteiger partial charge in [-0.15, -0.1) is 0 Å². The average molecular weight is 364 g/mol. The molecule has 4 nitrogen and oxygen atoms in total. The SMILES string of the molecule is CC1CCCN(C(=O)CCS(=O)(=O)c2ccc(Cl)c(Cl)c2)C1. The van der Waals surface area contributed by atoms with Crippen LogP contribution in [-0.2, 0) is 14.6 Å². The lowest BCUT2D eigenvalue weighted by Crippen LogP contribution is -2.39. The van der Waals surface area contributed by atoms with Gasteiger partial charge in [0.2, 0.25) is 5.91 Å².